The van der Waals surface area contributed by atoms with E-state index in [9.17, 15) is 47.9 Å². The van der Waals surface area contributed by atoms with Crippen LogP contribution in [-0.4, -0.2) is 160 Å². The van der Waals surface area contributed by atoms with Crippen molar-refractivity contribution in [3.05, 3.63) is 12.3 Å². The number of esters is 1. The van der Waals surface area contributed by atoms with E-state index >= 15 is 0 Å². The van der Waals surface area contributed by atoms with E-state index in [2.05, 4.69) is 32.1 Å². The highest BCUT2D eigenvalue weighted by molar-refractivity contribution is 8.00. The quantitative estimate of drug-likeness (QED) is 0.124. The third kappa shape index (κ3) is 31.8. The molecule has 5 rings (SSSR count). The number of thioether (sulfide) groups is 2. The Morgan fingerprint density at radius 2 is 1.04 bits per heavy atom. The van der Waals surface area contributed by atoms with Crippen LogP contribution in [0, 0.1) is 0 Å². The summed E-state index contributed by atoms with van der Waals surface area (Å²) in [6.07, 6.45) is 14.2. The number of aliphatic carboxylic acids is 1. The standard InChI is InChI=1S/C12H22N2O3.C11H16N2O6.C11H18N2O4S.C6H12.C5H6O2S/c1-12(2,3)17-11(16)13-9-10(15)14-7-5-4-6-8-14;1-11(2,3)18-10(17)12-6-9(16)19-13-7(14)4-5-8(13)15;14-9(7-18-8-11(16)17)12-6-10(15)13-4-2-1-3-5-13;1-2-4-6-5-3-1;1-4-2-8-3-5(6)7-4/h4-9H2,1-3H3,(H,13,16);4-6H2,1-3H3,(H,12,17);1-8H2,(H,12,14)(H,16,17);1-6H2;1-3H2. The second-order valence-electron chi connectivity index (χ2n) is 17.9. The zero-order valence-electron chi connectivity index (χ0n) is 40.7. The van der Waals surface area contributed by atoms with Gasteiger partial charge in [0.25, 0.3) is 11.8 Å². The average Bonchev–Trinajstić information content (AvgIpc) is 3.59. The molecule has 4 aliphatic heterocycles. The van der Waals surface area contributed by atoms with E-state index in [0.29, 0.717) is 16.6 Å². The van der Waals surface area contributed by atoms with Gasteiger partial charge in [0.2, 0.25) is 17.7 Å². The van der Waals surface area contributed by atoms with Crippen molar-refractivity contribution in [3.8, 4) is 0 Å². The number of alkyl carbamates (subject to hydrolysis) is 2. The number of nitrogens with zero attached hydrogens (tertiary/aromatic N) is 3. The van der Waals surface area contributed by atoms with Gasteiger partial charge in [-0.15, -0.1) is 28.6 Å². The molecular formula is C45H74N6O15S2. The second kappa shape index (κ2) is 33.4. The molecule has 386 valence electrons. The molecule has 23 heteroatoms. The van der Waals surface area contributed by atoms with Crippen molar-refractivity contribution in [2.45, 2.75) is 143 Å². The smallest absolute Gasteiger partial charge is 0.408 e. The molecule has 0 atom stereocenters. The number of amides is 7. The Bertz CT molecular complexity index is 1640. The molecule has 0 aromatic rings. The number of piperidine rings is 2. The van der Waals surface area contributed by atoms with E-state index in [1.807, 2.05) is 0 Å². The van der Waals surface area contributed by atoms with Crippen molar-refractivity contribution in [2.75, 3.05) is 68.8 Å². The lowest BCUT2D eigenvalue weighted by Crippen LogP contribution is -2.43. The van der Waals surface area contributed by atoms with Gasteiger partial charge in [-0.3, -0.25) is 33.6 Å². The minimum atomic E-state index is -0.947. The van der Waals surface area contributed by atoms with E-state index in [-0.39, 0.29) is 61.1 Å². The molecule has 4 saturated heterocycles. The Hall–Kier alpha value is -5.06. The Morgan fingerprint density at radius 1 is 0.632 bits per heavy atom. The molecule has 0 spiro atoms. The maximum atomic E-state index is 11.7. The summed E-state index contributed by atoms with van der Waals surface area (Å²) in [6.45, 7) is 16.6. The SMILES string of the molecule is C1CCCCC1.C=C1CSCC(=O)O1.CC(C)(C)OC(=O)NCC(=O)N1CCCCC1.CC(C)(C)OC(=O)NCC(=O)ON1C(=O)CCC1=O.O=C(O)CSCC(=O)NCC(=O)N1CCCCC1. The number of carbonyl (C=O) groups is 10. The molecule has 0 aromatic carbocycles. The van der Waals surface area contributed by atoms with Crippen molar-refractivity contribution in [1.29, 1.82) is 0 Å². The van der Waals surface area contributed by atoms with Gasteiger partial charge in [0.05, 0.1) is 29.6 Å². The third-order valence-electron chi connectivity index (χ3n) is 9.31. The molecule has 0 bridgehead atoms. The maximum absolute atomic E-state index is 11.7. The first-order chi connectivity index (χ1) is 32.0. The summed E-state index contributed by atoms with van der Waals surface area (Å²) in [7, 11) is 0. The number of hydroxylamine groups is 2. The number of carbonyl (C=O) groups excluding carboxylic acids is 9. The van der Waals surface area contributed by atoms with E-state index < -0.39 is 53.7 Å². The highest BCUT2D eigenvalue weighted by Crippen LogP contribution is 2.16. The van der Waals surface area contributed by atoms with Crippen LogP contribution in [-0.2, 0) is 57.4 Å². The molecule has 1 saturated carbocycles. The van der Waals surface area contributed by atoms with Gasteiger partial charge in [0.15, 0.2) is 0 Å². The molecule has 7 amide bonds. The van der Waals surface area contributed by atoms with Crippen molar-refractivity contribution in [1.82, 2.24) is 30.8 Å². The number of cyclic esters (lactones) is 1. The van der Waals surface area contributed by atoms with Gasteiger partial charge in [0, 0.05) is 39.0 Å². The van der Waals surface area contributed by atoms with Crippen LogP contribution in [0.3, 0.4) is 0 Å². The fourth-order valence-corrected chi connectivity index (χ4v) is 7.39. The highest BCUT2D eigenvalue weighted by Gasteiger charge is 2.33. The summed E-state index contributed by atoms with van der Waals surface area (Å²) in [4.78, 5) is 120. The average molecular weight is 1000 g/mol. The summed E-state index contributed by atoms with van der Waals surface area (Å²) in [5, 5.41) is 16.0. The lowest BCUT2D eigenvalue weighted by atomic mass is 10.0. The topological polar surface area (TPSA) is 274 Å². The molecule has 1 aliphatic carbocycles. The first kappa shape index (κ1) is 61.0. The molecule has 0 aromatic heterocycles. The van der Waals surface area contributed by atoms with Crippen molar-refractivity contribution in [3.63, 3.8) is 0 Å². The van der Waals surface area contributed by atoms with Crippen LogP contribution in [0.1, 0.15) is 131 Å². The van der Waals surface area contributed by atoms with Crippen molar-refractivity contribution >= 4 is 83.2 Å². The number of ether oxygens (including phenoxy) is 3. The number of hydrogen-bond donors (Lipinski definition) is 4. The molecule has 68 heavy (non-hydrogen) atoms. The summed E-state index contributed by atoms with van der Waals surface area (Å²) >= 11 is 2.56. The van der Waals surface area contributed by atoms with Gasteiger partial charge in [-0.25, -0.2) is 14.4 Å². The summed E-state index contributed by atoms with van der Waals surface area (Å²) in [5.74, 6) is -1.82. The summed E-state index contributed by atoms with van der Waals surface area (Å²) in [5.41, 5.74) is -1.22. The molecule has 4 N–H and O–H groups in total. The van der Waals surface area contributed by atoms with E-state index in [4.69, 9.17) is 14.6 Å². The van der Waals surface area contributed by atoms with Gasteiger partial charge in [-0.05, 0) is 80.1 Å². The minimum absolute atomic E-state index is 0.00641. The van der Waals surface area contributed by atoms with Gasteiger partial charge in [0.1, 0.15) is 30.1 Å². The van der Waals surface area contributed by atoms with E-state index in [1.54, 1.807) is 51.3 Å². The molecular weight excluding hydrogens is 929 g/mol. The fourth-order valence-electron chi connectivity index (χ4n) is 6.21. The van der Waals surface area contributed by atoms with Crippen LogP contribution in [0.5, 0.6) is 0 Å². The monoisotopic (exact) mass is 1000 g/mol. The number of likely N-dealkylation sites (tertiary alicyclic amines) is 2. The summed E-state index contributed by atoms with van der Waals surface area (Å²) in [6, 6.07) is 0. The molecule has 4 heterocycles. The first-order valence-corrected chi connectivity index (χ1v) is 25.3. The normalized spacial score (nSPS) is 17.0. The number of carboxylic acid groups (broad SMARTS) is 1. The maximum Gasteiger partial charge on any atom is 0.408 e. The van der Waals surface area contributed by atoms with E-state index in [1.165, 1.54) is 56.7 Å². The Morgan fingerprint density at radius 3 is 1.43 bits per heavy atom. The summed E-state index contributed by atoms with van der Waals surface area (Å²) < 4.78 is 14.6. The van der Waals surface area contributed by atoms with Gasteiger partial charge in [-0.2, -0.15) is 0 Å². The molecule has 21 nitrogen and oxygen atoms in total. The number of nitrogens with one attached hydrogen (secondary N) is 3. The number of imide groups is 1. The molecule has 0 unspecified atom stereocenters. The lowest BCUT2D eigenvalue weighted by molar-refractivity contribution is -0.196. The van der Waals surface area contributed by atoms with Crippen LogP contribution in [0.15, 0.2) is 12.3 Å². The van der Waals surface area contributed by atoms with Crippen LogP contribution >= 0.6 is 23.5 Å². The molecule has 5 aliphatic rings. The largest absolute Gasteiger partial charge is 0.481 e. The number of rotatable bonds is 11. The lowest BCUT2D eigenvalue weighted by Gasteiger charge is -2.27. The van der Waals surface area contributed by atoms with Crippen molar-refractivity contribution in [2.24, 2.45) is 0 Å². The Labute approximate surface area is 408 Å². The van der Waals surface area contributed by atoms with Crippen molar-refractivity contribution < 1.29 is 72.1 Å². The Balaban J connectivity index is 0.000000446. The van der Waals surface area contributed by atoms with Gasteiger partial charge in [-0.1, -0.05) is 45.1 Å². The molecule has 5 fully saturated rings. The molecule has 0 radical (unpaired) electrons. The minimum Gasteiger partial charge on any atom is -0.481 e. The van der Waals surface area contributed by atoms with Gasteiger partial charge < -0.3 is 49.9 Å². The zero-order chi connectivity index (χ0) is 51.1. The van der Waals surface area contributed by atoms with Crippen LogP contribution < -0.4 is 16.0 Å². The number of carboxylic acids is 1. The predicted octanol–water partition coefficient (Wildman–Crippen LogP) is 4.71. The Kier molecular flexibility index (Phi) is 30.0. The number of hydrogen-bond acceptors (Lipinski definition) is 16. The van der Waals surface area contributed by atoms with Crippen LogP contribution in [0.2, 0.25) is 0 Å². The third-order valence-corrected chi connectivity index (χ3v) is 11.2. The highest BCUT2D eigenvalue weighted by atomic mass is 32.2. The van der Waals surface area contributed by atoms with Crippen LogP contribution in [0.4, 0.5) is 9.59 Å². The second-order valence-corrected chi connectivity index (χ2v) is 19.9. The van der Waals surface area contributed by atoms with E-state index in [0.717, 1.165) is 75.8 Å². The fraction of sp³-hybridized carbons (Fsp3) is 0.733. The van der Waals surface area contributed by atoms with Crippen LogP contribution in [0.25, 0.3) is 0 Å². The zero-order valence-corrected chi connectivity index (χ0v) is 42.3. The first-order valence-electron chi connectivity index (χ1n) is 23.0. The predicted molar refractivity (Wildman–Crippen MR) is 255 cm³/mol. The van der Waals surface area contributed by atoms with Gasteiger partial charge >= 0.3 is 30.1 Å².